The predicted molar refractivity (Wildman–Crippen MR) is 256 cm³/mol. The van der Waals surface area contributed by atoms with Crippen LogP contribution >= 0.6 is 0 Å². The highest BCUT2D eigenvalue weighted by atomic mass is 15.2. The highest BCUT2D eigenvalue weighted by Gasteiger charge is 2.38. The minimum Gasteiger partial charge on any atom is -0.308 e. The first kappa shape index (κ1) is 35.7. The molecule has 9 aromatic rings. The van der Waals surface area contributed by atoms with Gasteiger partial charge in [-0.05, 0) is 144 Å². The number of hydrogen-bond acceptors (Lipinski definition) is 1. The standard InChI is InChI=1S/C60H45N/c1-37-31-51-46-28-16-13-25-43(46)32-54(51)58(38(37)2)61(59-39(3)49(40-19-7-4-8-20-40)35-52-47-29-17-14-26-44(47)33-55(52)59)60-56-34-45-27-15-18-30-48(45)53(56)36-50(41-21-9-5-10-22-41)57(60)42-23-11-6-12-24-42/h4-31,35-36H,32-34H2,1-3H3. The first-order chi connectivity index (χ1) is 30.0. The molecule has 0 unspecified atom stereocenters. The maximum absolute atomic E-state index is 2.82. The van der Waals surface area contributed by atoms with Gasteiger partial charge in [-0.1, -0.05) is 170 Å². The summed E-state index contributed by atoms with van der Waals surface area (Å²) in [5.74, 6) is 0. The maximum Gasteiger partial charge on any atom is 0.0588 e. The van der Waals surface area contributed by atoms with Crippen LogP contribution in [0.3, 0.4) is 0 Å². The van der Waals surface area contributed by atoms with Crippen LogP contribution < -0.4 is 4.90 Å². The van der Waals surface area contributed by atoms with Crippen LogP contribution in [0.15, 0.2) is 182 Å². The fourth-order valence-corrected chi connectivity index (χ4v) is 11.0. The molecule has 0 amide bonds. The van der Waals surface area contributed by atoms with E-state index in [-0.39, 0.29) is 0 Å². The van der Waals surface area contributed by atoms with Crippen LogP contribution in [0.1, 0.15) is 50.1 Å². The third kappa shape index (κ3) is 5.47. The molecule has 61 heavy (non-hydrogen) atoms. The summed E-state index contributed by atoms with van der Waals surface area (Å²) in [4.78, 5) is 2.82. The molecular formula is C60H45N. The number of nitrogens with zero attached hydrogens (tertiary/aromatic N) is 1. The summed E-state index contributed by atoms with van der Waals surface area (Å²) in [6.45, 7) is 7.10. The van der Waals surface area contributed by atoms with Crippen LogP contribution in [0.4, 0.5) is 17.1 Å². The molecule has 0 bridgehead atoms. The lowest BCUT2D eigenvalue weighted by molar-refractivity contribution is 1.11. The SMILES string of the molecule is Cc1cc2c(c(N(c3c(C)c(-c4ccccc4)cc4c3Cc3ccccc3-4)c3c4c(cc(-c5ccccc5)c3-c3ccccc3)-c3ccccc3C4)c1C)Cc1ccccc1-2. The second kappa shape index (κ2) is 13.9. The Morgan fingerprint density at radius 3 is 1.20 bits per heavy atom. The molecule has 290 valence electrons. The summed E-state index contributed by atoms with van der Waals surface area (Å²) < 4.78 is 0. The van der Waals surface area contributed by atoms with Crippen molar-refractivity contribution in [2.45, 2.75) is 40.0 Å². The largest absolute Gasteiger partial charge is 0.308 e. The normalized spacial score (nSPS) is 12.6. The number of anilines is 3. The quantitative estimate of drug-likeness (QED) is 0.162. The molecule has 3 aliphatic carbocycles. The van der Waals surface area contributed by atoms with Gasteiger partial charge in [-0.3, -0.25) is 0 Å². The van der Waals surface area contributed by atoms with Gasteiger partial charge < -0.3 is 4.90 Å². The van der Waals surface area contributed by atoms with Crippen molar-refractivity contribution in [3.8, 4) is 66.8 Å². The first-order valence-electron chi connectivity index (χ1n) is 21.7. The lowest BCUT2D eigenvalue weighted by Gasteiger charge is -2.37. The minimum atomic E-state index is 0.860. The van der Waals surface area contributed by atoms with Gasteiger partial charge in [0.2, 0.25) is 0 Å². The number of rotatable bonds is 6. The van der Waals surface area contributed by atoms with Crippen molar-refractivity contribution in [2.75, 3.05) is 4.90 Å². The van der Waals surface area contributed by atoms with E-state index in [1.54, 1.807) is 0 Å². The first-order valence-corrected chi connectivity index (χ1v) is 21.7. The fraction of sp³-hybridized carbons (Fsp3) is 0.100. The van der Waals surface area contributed by atoms with Crippen LogP contribution in [0.25, 0.3) is 66.8 Å². The molecule has 0 N–H and O–H groups in total. The Balaban J connectivity index is 1.30. The molecule has 1 nitrogen and oxygen atoms in total. The van der Waals surface area contributed by atoms with Gasteiger partial charge in [0, 0.05) is 24.8 Å². The monoisotopic (exact) mass is 779 g/mol. The third-order valence-electron chi connectivity index (χ3n) is 13.9. The highest BCUT2D eigenvalue weighted by Crippen LogP contribution is 2.59. The van der Waals surface area contributed by atoms with E-state index in [0.29, 0.717) is 0 Å². The summed E-state index contributed by atoms with van der Waals surface area (Å²) in [5, 5.41) is 0. The van der Waals surface area contributed by atoms with E-state index in [4.69, 9.17) is 0 Å². The van der Waals surface area contributed by atoms with E-state index >= 15 is 0 Å². The molecule has 0 fully saturated rings. The van der Waals surface area contributed by atoms with Crippen molar-refractivity contribution in [3.63, 3.8) is 0 Å². The van der Waals surface area contributed by atoms with E-state index in [1.165, 1.54) is 134 Å². The van der Waals surface area contributed by atoms with E-state index < -0.39 is 0 Å². The van der Waals surface area contributed by atoms with Gasteiger partial charge >= 0.3 is 0 Å². The van der Waals surface area contributed by atoms with Crippen molar-refractivity contribution in [1.29, 1.82) is 0 Å². The molecule has 12 rings (SSSR count). The number of fused-ring (bicyclic) bond motifs is 9. The van der Waals surface area contributed by atoms with Gasteiger partial charge in [0.1, 0.15) is 0 Å². The Morgan fingerprint density at radius 2 is 0.689 bits per heavy atom. The van der Waals surface area contributed by atoms with Gasteiger partial charge in [-0.25, -0.2) is 0 Å². The second-order valence-corrected chi connectivity index (χ2v) is 17.2. The smallest absolute Gasteiger partial charge is 0.0588 e. The third-order valence-corrected chi connectivity index (χ3v) is 13.9. The molecule has 0 heterocycles. The molecule has 0 saturated carbocycles. The lowest BCUT2D eigenvalue weighted by Crippen LogP contribution is -2.20. The van der Waals surface area contributed by atoms with E-state index in [0.717, 1.165) is 19.3 Å². The Hall–Kier alpha value is -7.22. The number of aryl methyl sites for hydroxylation is 1. The molecule has 9 aromatic carbocycles. The van der Waals surface area contributed by atoms with Crippen molar-refractivity contribution in [2.24, 2.45) is 0 Å². The Morgan fingerprint density at radius 1 is 0.311 bits per heavy atom. The molecular weight excluding hydrogens is 735 g/mol. The molecule has 0 saturated heterocycles. The molecule has 1 heteroatoms. The van der Waals surface area contributed by atoms with E-state index in [2.05, 4.69) is 208 Å². The second-order valence-electron chi connectivity index (χ2n) is 17.2. The fourth-order valence-electron chi connectivity index (χ4n) is 11.0. The molecule has 0 aliphatic heterocycles. The molecule has 0 atom stereocenters. The van der Waals surface area contributed by atoms with Gasteiger partial charge in [0.05, 0.1) is 17.1 Å². The molecule has 0 spiro atoms. The van der Waals surface area contributed by atoms with Gasteiger partial charge in [-0.2, -0.15) is 0 Å². The number of benzene rings is 9. The van der Waals surface area contributed by atoms with Crippen LogP contribution in [0.5, 0.6) is 0 Å². The molecule has 3 aliphatic rings. The summed E-state index contributed by atoms with van der Waals surface area (Å²) in [6.07, 6.45) is 2.63. The minimum absolute atomic E-state index is 0.860. The van der Waals surface area contributed by atoms with Gasteiger partial charge in [0.25, 0.3) is 0 Å². The zero-order valence-corrected chi connectivity index (χ0v) is 34.9. The maximum atomic E-state index is 2.82. The zero-order chi connectivity index (χ0) is 40.8. The van der Waals surface area contributed by atoms with E-state index in [9.17, 15) is 0 Å². The van der Waals surface area contributed by atoms with Gasteiger partial charge in [0.15, 0.2) is 0 Å². The van der Waals surface area contributed by atoms with Crippen molar-refractivity contribution < 1.29 is 0 Å². The topological polar surface area (TPSA) is 3.24 Å². The van der Waals surface area contributed by atoms with E-state index in [1.807, 2.05) is 0 Å². The average Bonchev–Trinajstić information content (AvgIpc) is 4.00. The van der Waals surface area contributed by atoms with Crippen LogP contribution in [0, 0.1) is 20.8 Å². The number of hydrogen-bond donors (Lipinski definition) is 0. The highest BCUT2D eigenvalue weighted by molar-refractivity contribution is 6.07. The molecule has 0 aromatic heterocycles. The molecule has 0 radical (unpaired) electrons. The van der Waals surface area contributed by atoms with Crippen LogP contribution in [0.2, 0.25) is 0 Å². The zero-order valence-electron chi connectivity index (χ0n) is 34.9. The predicted octanol–water partition coefficient (Wildman–Crippen LogP) is 15.8. The van der Waals surface area contributed by atoms with Crippen LogP contribution in [-0.2, 0) is 19.3 Å². The Labute approximate surface area is 359 Å². The van der Waals surface area contributed by atoms with Crippen LogP contribution in [-0.4, -0.2) is 0 Å². The van der Waals surface area contributed by atoms with Crippen molar-refractivity contribution >= 4 is 17.1 Å². The summed E-state index contributed by atoms with van der Waals surface area (Å²) in [6, 6.07) is 68.2. The van der Waals surface area contributed by atoms with Gasteiger partial charge in [-0.15, -0.1) is 0 Å². The average molecular weight is 780 g/mol. The lowest BCUT2D eigenvalue weighted by atomic mass is 9.85. The summed E-state index contributed by atoms with van der Waals surface area (Å²) in [5.41, 5.74) is 31.8. The Bertz CT molecular complexity index is 3230. The van der Waals surface area contributed by atoms with Crippen molar-refractivity contribution in [1.82, 2.24) is 0 Å². The van der Waals surface area contributed by atoms with Crippen molar-refractivity contribution in [3.05, 3.63) is 232 Å². The summed E-state index contributed by atoms with van der Waals surface area (Å²) in [7, 11) is 0. The Kier molecular flexibility index (Phi) is 8.15. The summed E-state index contributed by atoms with van der Waals surface area (Å²) >= 11 is 0.